The monoisotopic (exact) mass is 357 g/mol. The van der Waals surface area contributed by atoms with Crippen molar-refractivity contribution in [3.8, 4) is 17.3 Å². The first-order valence-corrected chi connectivity index (χ1v) is 8.34. The minimum Gasteiger partial charge on any atom is -0.298 e. The summed E-state index contributed by atoms with van der Waals surface area (Å²) in [5, 5.41) is 18.8. The van der Waals surface area contributed by atoms with Crippen LogP contribution in [0.25, 0.3) is 11.3 Å². The lowest BCUT2D eigenvalue weighted by Gasteiger charge is -2.03. The van der Waals surface area contributed by atoms with Crippen LogP contribution in [0.3, 0.4) is 0 Å². The average molecular weight is 358 g/mol. The van der Waals surface area contributed by atoms with E-state index in [4.69, 9.17) is 16.9 Å². The molecule has 0 saturated heterocycles. The fourth-order valence-corrected chi connectivity index (χ4v) is 2.79. The van der Waals surface area contributed by atoms with Gasteiger partial charge in [0.1, 0.15) is 5.69 Å². The number of hydrogen-bond donors (Lipinski definition) is 1. The van der Waals surface area contributed by atoms with Gasteiger partial charge in [-0.2, -0.15) is 10.4 Å². The van der Waals surface area contributed by atoms with Gasteiger partial charge in [0.15, 0.2) is 5.13 Å². The predicted octanol–water partition coefficient (Wildman–Crippen LogP) is 3.83. The van der Waals surface area contributed by atoms with Crippen molar-refractivity contribution in [3.63, 3.8) is 0 Å². The highest BCUT2D eigenvalue weighted by Gasteiger charge is 2.18. The highest BCUT2D eigenvalue weighted by atomic mass is 35.5. The zero-order valence-electron chi connectivity index (χ0n) is 12.4. The van der Waals surface area contributed by atoms with E-state index in [1.807, 2.05) is 0 Å². The highest BCUT2D eigenvalue weighted by Crippen LogP contribution is 2.25. The Morgan fingerprint density at radius 1 is 1.38 bits per heavy atom. The van der Waals surface area contributed by atoms with Crippen LogP contribution in [-0.2, 0) is 6.54 Å². The fourth-order valence-electron chi connectivity index (χ4n) is 2.14. The van der Waals surface area contributed by atoms with E-state index in [0.29, 0.717) is 34.4 Å². The number of aromatic nitrogens is 3. The van der Waals surface area contributed by atoms with Gasteiger partial charge in [-0.25, -0.2) is 4.98 Å². The van der Waals surface area contributed by atoms with Crippen LogP contribution in [0.2, 0.25) is 5.02 Å². The highest BCUT2D eigenvalue weighted by molar-refractivity contribution is 7.13. The maximum Gasteiger partial charge on any atom is 0.261 e. The number of carbonyl (C=O) groups excluding carboxylic acids is 1. The molecule has 120 valence electrons. The van der Waals surface area contributed by atoms with E-state index in [1.165, 1.54) is 11.3 Å². The molecule has 0 spiro atoms. The molecular weight excluding hydrogens is 346 g/mol. The number of aryl methyl sites for hydroxylation is 1. The topological polar surface area (TPSA) is 83.6 Å². The Bertz CT molecular complexity index is 880. The number of nitrogens with zero attached hydrogens (tertiary/aromatic N) is 4. The molecule has 3 aromatic rings. The number of rotatable bonds is 5. The fraction of sp³-hybridized carbons (Fsp3) is 0.125. The summed E-state index contributed by atoms with van der Waals surface area (Å²) in [5.74, 6) is -0.293. The Morgan fingerprint density at radius 3 is 2.83 bits per heavy atom. The van der Waals surface area contributed by atoms with Crippen molar-refractivity contribution in [3.05, 3.63) is 52.6 Å². The predicted molar refractivity (Wildman–Crippen MR) is 93.0 cm³/mol. The molecule has 1 aromatic carbocycles. The third kappa shape index (κ3) is 3.62. The summed E-state index contributed by atoms with van der Waals surface area (Å²) in [6, 6.07) is 9.17. The Hall–Kier alpha value is -2.69. The number of halogens is 1. The molecule has 1 N–H and O–H groups in total. The van der Waals surface area contributed by atoms with E-state index in [1.54, 1.807) is 46.7 Å². The van der Waals surface area contributed by atoms with Crippen LogP contribution in [0.4, 0.5) is 5.13 Å². The van der Waals surface area contributed by atoms with Crippen LogP contribution in [-0.4, -0.2) is 20.7 Å². The molecule has 0 aliphatic carbocycles. The molecule has 1 amide bonds. The van der Waals surface area contributed by atoms with Gasteiger partial charge < -0.3 is 0 Å². The van der Waals surface area contributed by atoms with Gasteiger partial charge >= 0.3 is 0 Å². The zero-order valence-corrected chi connectivity index (χ0v) is 14.0. The smallest absolute Gasteiger partial charge is 0.261 e. The van der Waals surface area contributed by atoms with Crippen LogP contribution in [0, 0.1) is 11.3 Å². The van der Waals surface area contributed by atoms with Crippen LogP contribution in [0.15, 0.2) is 42.0 Å². The van der Waals surface area contributed by atoms with Gasteiger partial charge in [0, 0.05) is 28.4 Å². The molecule has 0 fully saturated rings. The van der Waals surface area contributed by atoms with Gasteiger partial charge in [-0.3, -0.25) is 14.8 Å². The largest absolute Gasteiger partial charge is 0.298 e. The summed E-state index contributed by atoms with van der Waals surface area (Å²) < 4.78 is 1.60. The van der Waals surface area contributed by atoms with Crippen LogP contribution in [0.1, 0.15) is 16.8 Å². The molecule has 0 radical (unpaired) electrons. The number of amides is 1. The van der Waals surface area contributed by atoms with Gasteiger partial charge in [-0.1, -0.05) is 23.7 Å². The maximum atomic E-state index is 12.6. The van der Waals surface area contributed by atoms with Crippen molar-refractivity contribution < 1.29 is 4.79 Å². The molecule has 0 bridgehead atoms. The Kier molecular flexibility index (Phi) is 4.89. The second-order valence-corrected chi connectivity index (χ2v) is 6.19. The second-order valence-electron chi connectivity index (χ2n) is 4.86. The second kappa shape index (κ2) is 7.25. The van der Waals surface area contributed by atoms with Crippen LogP contribution < -0.4 is 5.32 Å². The van der Waals surface area contributed by atoms with Crippen molar-refractivity contribution >= 4 is 34.0 Å². The standard InChI is InChI=1S/C16H12ClN5OS/c17-12-4-2-11(3-5-12)14-13(10-22(21-14)8-1-6-18)15(23)20-16-19-7-9-24-16/h2-5,7,9-10H,1,8H2,(H,19,20,23). The number of thiazole rings is 1. The van der Waals surface area contributed by atoms with Crippen molar-refractivity contribution in [1.29, 1.82) is 5.26 Å². The lowest BCUT2D eigenvalue weighted by Crippen LogP contribution is -2.12. The quantitative estimate of drug-likeness (QED) is 0.752. The molecule has 0 aliphatic rings. The minimum absolute atomic E-state index is 0.293. The lowest BCUT2D eigenvalue weighted by atomic mass is 10.1. The van der Waals surface area contributed by atoms with E-state index < -0.39 is 0 Å². The molecule has 3 rings (SSSR count). The summed E-state index contributed by atoms with van der Waals surface area (Å²) in [7, 11) is 0. The van der Waals surface area contributed by atoms with Crippen molar-refractivity contribution in [1.82, 2.24) is 14.8 Å². The molecule has 24 heavy (non-hydrogen) atoms. The third-order valence-electron chi connectivity index (χ3n) is 3.23. The van der Waals surface area contributed by atoms with E-state index in [2.05, 4.69) is 21.5 Å². The van der Waals surface area contributed by atoms with E-state index >= 15 is 0 Å². The molecule has 2 heterocycles. The molecule has 0 atom stereocenters. The molecule has 0 saturated carbocycles. The summed E-state index contributed by atoms with van der Waals surface area (Å²) in [6.45, 7) is 0.418. The van der Waals surface area contributed by atoms with Crippen molar-refractivity contribution in [2.45, 2.75) is 13.0 Å². The summed E-state index contributed by atoms with van der Waals surface area (Å²) in [5.41, 5.74) is 1.74. The molecular formula is C16H12ClN5OS. The Labute approximate surface area is 147 Å². The molecule has 0 aliphatic heterocycles. The lowest BCUT2D eigenvalue weighted by molar-refractivity contribution is 0.102. The first kappa shape index (κ1) is 16.2. The van der Waals surface area contributed by atoms with Gasteiger partial charge in [0.05, 0.1) is 24.6 Å². The normalized spacial score (nSPS) is 10.3. The summed E-state index contributed by atoms with van der Waals surface area (Å²) in [6.07, 6.45) is 3.58. The maximum absolute atomic E-state index is 12.6. The molecule has 2 aromatic heterocycles. The SMILES string of the molecule is N#CCCn1cc(C(=O)Nc2nccs2)c(-c2ccc(Cl)cc2)n1. The number of benzene rings is 1. The van der Waals surface area contributed by atoms with Crippen LogP contribution >= 0.6 is 22.9 Å². The molecule has 6 nitrogen and oxygen atoms in total. The summed E-state index contributed by atoms with van der Waals surface area (Å²) in [4.78, 5) is 16.6. The van der Waals surface area contributed by atoms with Gasteiger partial charge in [-0.05, 0) is 12.1 Å². The zero-order chi connectivity index (χ0) is 16.9. The van der Waals surface area contributed by atoms with E-state index in [9.17, 15) is 4.79 Å². The van der Waals surface area contributed by atoms with E-state index in [0.717, 1.165) is 5.56 Å². The van der Waals surface area contributed by atoms with Crippen LogP contribution in [0.5, 0.6) is 0 Å². The third-order valence-corrected chi connectivity index (χ3v) is 4.17. The van der Waals surface area contributed by atoms with Crippen molar-refractivity contribution in [2.75, 3.05) is 5.32 Å². The van der Waals surface area contributed by atoms with E-state index in [-0.39, 0.29) is 5.91 Å². The number of carbonyl (C=O) groups is 1. The number of anilines is 1. The number of hydrogen-bond acceptors (Lipinski definition) is 5. The first-order chi connectivity index (χ1) is 11.7. The van der Waals surface area contributed by atoms with Gasteiger partial charge in [0.2, 0.25) is 0 Å². The Morgan fingerprint density at radius 2 is 2.17 bits per heavy atom. The number of nitriles is 1. The minimum atomic E-state index is -0.293. The first-order valence-electron chi connectivity index (χ1n) is 7.08. The molecule has 8 heteroatoms. The summed E-state index contributed by atoms with van der Waals surface area (Å²) >= 11 is 7.26. The molecule has 0 unspecified atom stereocenters. The Balaban J connectivity index is 1.96. The van der Waals surface area contributed by atoms with Gasteiger partial charge in [-0.15, -0.1) is 11.3 Å². The van der Waals surface area contributed by atoms with Crippen molar-refractivity contribution in [2.24, 2.45) is 0 Å². The number of nitrogens with one attached hydrogen (secondary N) is 1. The average Bonchev–Trinajstić information content (AvgIpc) is 3.23. The van der Waals surface area contributed by atoms with Gasteiger partial charge in [0.25, 0.3) is 5.91 Å².